The number of aryl methyl sites for hydroxylation is 1. The number of hydrogen-bond acceptors (Lipinski definition) is 3. The van der Waals surface area contributed by atoms with Gasteiger partial charge in [0.1, 0.15) is 12.2 Å². The highest BCUT2D eigenvalue weighted by Gasteiger charge is 1.96. The van der Waals surface area contributed by atoms with Crippen molar-refractivity contribution in [1.29, 1.82) is 0 Å². The van der Waals surface area contributed by atoms with Gasteiger partial charge in [-0.05, 0) is 6.92 Å². The highest BCUT2D eigenvalue weighted by molar-refractivity contribution is 5.55. The van der Waals surface area contributed by atoms with Crippen LogP contribution in [0.2, 0.25) is 0 Å². The van der Waals surface area contributed by atoms with Gasteiger partial charge in [0.25, 0.3) is 0 Å². The predicted octanol–water partition coefficient (Wildman–Crippen LogP) is 0.820. The van der Waals surface area contributed by atoms with E-state index in [1.807, 2.05) is 36.7 Å². The maximum atomic E-state index is 4.10. The topological polar surface area (TPSA) is 45.5 Å². The van der Waals surface area contributed by atoms with Crippen molar-refractivity contribution in [2.24, 2.45) is 5.10 Å². The number of hydrazone groups is 1. The van der Waals surface area contributed by atoms with Crippen LogP contribution < -0.4 is 5.43 Å². The maximum absolute atomic E-state index is 4.10. The minimum absolute atomic E-state index is 0.840. The van der Waals surface area contributed by atoms with Crippen molar-refractivity contribution in [2.75, 3.05) is 19.5 Å². The van der Waals surface area contributed by atoms with Crippen LogP contribution in [0, 0.1) is 0 Å². The van der Waals surface area contributed by atoms with E-state index in [4.69, 9.17) is 0 Å². The van der Waals surface area contributed by atoms with Crippen molar-refractivity contribution in [3.8, 4) is 0 Å². The molecule has 0 aliphatic carbocycles. The Kier molecular flexibility index (Phi) is 3.31. The first-order chi connectivity index (χ1) is 6.24. The molecule has 0 spiro atoms. The van der Waals surface area contributed by atoms with Crippen LogP contribution in [0.3, 0.4) is 0 Å². The smallest absolute Gasteiger partial charge is 0.144 e. The van der Waals surface area contributed by atoms with Gasteiger partial charge in [0, 0.05) is 26.7 Å². The lowest BCUT2D eigenvalue weighted by Crippen LogP contribution is -2.10. The minimum Gasteiger partial charge on any atom is -0.367 e. The number of aromatic nitrogens is 2. The first-order valence-electron chi connectivity index (χ1n) is 4.21. The molecule has 1 N–H and O–H groups in total. The Bertz CT molecular complexity index is 276. The lowest BCUT2D eigenvalue weighted by molar-refractivity contribution is 0.639. The van der Waals surface area contributed by atoms with E-state index in [2.05, 4.69) is 15.6 Å². The third-order valence-electron chi connectivity index (χ3n) is 1.48. The van der Waals surface area contributed by atoms with Gasteiger partial charge in [-0.2, -0.15) is 10.2 Å². The van der Waals surface area contributed by atoms with Gasteiger partial charge in [0.2, 0.25) is 0 Å². The monoisotopic (exact) mass is 181 g/mol. The SMILES string of the molecule is CCn1nccc1NN=CN(C)C. The summed E-state index contributed by atoms with van der Waals surface area (Å²) in [6.07, 6.45) is 3.45. The van der Waals surface area contributed by atoms with Gasteiger partial charge in [0.15, 0.2) is 0 Å². The van der Waals surface area contributed by atoms with Crippen LogP contribution in [-0.4, -0.2) is 35.1 Å². The number of anilines is 1. The summed E-state index contributed by atoms with van der Waals surface area (Å²) in [4.78, 5) is 1.86. The first-order valence-corrected chi connectivity index (χ1v) is 4.21. The molecule has 0 bridgehead atoms. The first kappa shape index (κ1) is 9.57. The molecule has 0 aliphatic heterocycles. The molecular weight excluding hydrogens is 166 g/mol. The minimum atomic E-state index is 0.840. The molecule has 1 aromatic heterocycles. The number of nitrogens with one attached hydrogen (secondary N) is 1. The van der Waals surface area contributed by atoms with Gasteiger partial charge in [-0.25, -0.2) is 4.68 Å². The molecule has 0 atom stereocenters. The van der Waals surface area contributed by atoms with Gasteiger partial charge >= 0.3 is 0 Å². The predicted molar refractivity (Wildman–Crippen MR) is 53.7 cm³/mol. The molecule has 0 saturated heterocycles. The lowest BCUT2D eigenvalue weighted by Gasteiger charge is -2.05. The van der Waals surface area contributed by atoms with E-state index in [0.717, 1.165) is 12.4 Å². The van der Waals surface area contributed by atoms with Crippen LogP contribution in [0.1, 0.15) is 6.92 Å². The molecule has 1 rings (SSSR count). The van der Waals surface area contributed by atoms with Crippen molar-refractivity contribution in [3.63, 3.8) is 0 Å². The molecule has 0 radical (unpaired) electrons. The summed E-state index contributed by atoms with van der Waals surface area (Å²) in [5, 5.41) is 8.11. The zero-order valence-corrected chi connectivity index (χ0v) is 8.23. The summed E-state index contributed by atoms with van der Waals surface area (Å²) in [5.74, 6) is 0.903. The van der Waals surface area contributed by atoms with Crippen LogP contribution in [0.4, 0.5) is 5.82 Å². The maximum Gasteiger partial charge on any atom is 0.144 e. The molecule has 5 nitrogen and oxygen atoms in total. The summed E-state index contributed by atoms with van der Waals surface area (Å²) >= 11 is 0. The summed E-state index contributed by atoms with van der Waals surface area (Å²) in [6.45, 7) is 2.88. The molecule has 13 heavy (non-hydrogen) atoms. The van der Waals surface area contributed by atoms with E-state index in [1.165, 1.54) is 0 Å². The van der Waals surface area contributed by atoms with Crippen LogP contribution >= 0.6 is 0 Å². The fraction of sp³-hybridized carbons (Fsp3) is 0.500. The van der Waals surface area contributed by atoms with E-state index in [0.29, 0.717) is 0 Å². The molecule has 5 heteroatoms. The quantitative estimate of drug-likeness (QED) is 0.425. The van der Waals surface area contributed by atoms with E-state index in [-0.39, 0.29) is 0 Å². The van der Waals surface area contributed by atoms with Gasteiger partial charge in [-0.1, -0.05) is 0 Å². The van der Waals surface area contributed by atoms with Crippen molar-refractivity contribution < 1.29 is 0 Å². The molecule has 0 aliphatic rings. The Morgan fingerprint density at radius 1 is 1.69 bits per heavy atom. The molecule has 0 saturated carbocycles. The fourth-order valence-electron chi connectivity index (χ4n) is 0.890. The number of nitrogens with zero attached hydrogens (tertiary/aromatic N) is 4. The molecule has 0 amide bonds. The molecule has 1 aromatic rings. The normalized spacial score (nSPS) is 10.7. The summed E-state index contributed by atoms with van der Waals surface area (Å²) in [7, 11) is 3.84. The third-order valence-corrected chi connectivity index (χ3v) is 1.48. The average molecular weight is 181 g/mol. The number of rotatable bonds is 4. The summed E-state index contributed by atoms with van der Waals surface area (Å²) in [6, 6.07) is 1.89. The molecule has 72 valence electrons. The third kappa shape index (κ3) is 2.77. The van der Waals surface area contributed by atoms with Crippen molar-refractivity contribution in [2.45, 2.75) is 13.5 Å². The fourth-order valence-corrected chi connectivity index (χ4v) is 0.890. The van der Waals surface area contributed by atoms with Gasteiger partial charge in [0.05, 0.1) is 6.20 Å². The standard InChI is InChI=1S/C8H15N5/c1-4-13-8(5-6-10-13)11-9-7-12(2)3/h5-7,11H,4H2,1-3H3. The molecule has 1 heterocycles. The second-order valence-corrected chi connectivity index (χ2v) is 2.85. The Balaban J connectivity index is 2.53. The van der Waals surface area contributed by atoms with Crippen LogP contribution in [0.25, 0.3) is 0 Å². The van der Waals surface area contributed by atoms with E-state index < -0.39 is 0 Å². The highest BCUT2D eigenvalue weighted by Crippen LogP contribution is 2.04. The van der Waals surface area contributed by atoms with E-state index >= 15 is 0 Å². The zero-order valence-electron chi connectivity index (χ0n) is 8.23. The highest BCUT2D eigenvalue weighted by atomic mass is 15.4. The average Bonchev–Trinajstić information content (AvgIpc) is 2.51. The summed E-state index contributed by atoms with van der Waals surface area (Å²) < 4.78 is 1.84. The lowest BCUT2D eigenvalue weighted by atomic mass is 10.6. The molecular formula is C8H15N5. The van der Waals surface area contributed by atoms with Crippen molar-refractivity contribution in [1.82, 2.24) is 14.7 Å². The zero-order chi connectivity index (χ0) is 9.68. The Hall–Kier alpha value is -1.52. The van der Waals surface area contributed by atoms with Crippen LogP contribution in [0.15, 0.2) is 17.4 Å². The number of hydrogen-bond donors (Lipinski definition) is 1. The van der Waals surface area contributed by atoms with Gasteiger partial charge < -0.3 is 4.90 Å². The second-order valence-electron chi connectivity index (χ2n) is 2.85. The van der Waals surface area contributed by atoms with Gasteiger partial charge in [-0.3, -0.25) is 5.43 Å². The Morgan fingerprint density at radius 2 is 2.46 bits per heavy atom. The summed E-state index contributed by atoms with van der Waals surface area (Å²) in [5.41, 5.74) is 2.90. The Morgan fingerprint density at radius 3 is 3.08 bits per heavy atom. The molecule has 0 fully saturated rings. The van der Waals surface area contributed by atoms with Crippen LogP contribution in [0.5, 0.6) is 0 Å². The molecule has 0 aromatic carbocycles. The van der Waals surface area contributed by atoms with Gasteiger partial charge in [-0.15, -0.1) is 0 Å². The second kappa shape index (κ2) is 4.49. The molecule has 0 unspecified atom stereocenters. The van der Waals surface area contributed by atoms with Crippen molar-refractivity contribution >= 4 is 12.2 Å². The van der Waals surface area contributed by atoms with Crippen LogP contribution in [-0.2, 0) is 6.54 Å². The van der Waals surface area contributed by atoms with E-state index in [9.17, 15) is 0 Å². The van der Waals surface area contributed by atoms with E-state index in [1.54, 1.807) is 12.5 Å². The Labute approximate surface area is 78.0 Å². The largest absolute Gasteiger partial charge is 0.367 e. The van der Waals surface area contributed by atoms with Crippen molar-refractivity contribution in [3.05, 3.63) is 12.3 Å².